The maximum atomic E-state index is 11.7. The molecule has 0 bridgehead atoms. The first-order valence-corrected chi connectivity index (χ1v) is 11.2. The lowest BCUT2D eigenvalue weighted by atomic mass is 9.99. The van der Waals surface area contributed by atoms with E-state index in [0.29, 0.717) is 26.1 Å². The molecule has 1 aliphatic rings. The molecule has 1 aliphatic heterocycles. The summed E-state index contributed by atoms with van der Waals surface area (Å²) in [6.45, 7) is 1.82. The van der Waals surface area contributed by atoms with Crippen LogP contribution in [0.4, 0.5) is 0 Å². The second-order valence-electron chi connectivity index (χ2n) is 6.47. The number of fused-ring (bicyclic) bond motifs is 1. The summed E-state index contributed by atoms with van der Waals surface area (Å²) >= 11 is 0. The number of hydrogen-bond acceptors (Lipinski definition) is 6. The van der Waals surface area contributed by atoms with E-state index in [1.54, 1.807) is 24.3 Å². The molecular formula is C17H21N3O5S2. The number of rotatable bonds is 5. The molecule has 0 amide bonds. The summed E-state index contributed by atoms with van der Waals surface area (Å²) in [7, 11) is -6.21. The van der Waals surface area contributed by atoms with E-state index in [-0.39, 0.29) is 15.5 Å². The number of methoxy groups -OCH3 is 1. The van der Waals surface area contributed by atoms with Crippen LogP contribution in [0.25, 0.3) is 0 Å². The first-order valence-electron chi connectivity index (χ1n) is 8.14. The fourth-order valence-electron chi connectivity index (χ4n) is 3.22. The topological polar surface area (TPSA) is 133 Å². The minimum Gasteiger partial charge on any atom is -0.495 e. The van der Waals surface area contributed by atoms with Crippen LogP contribution >= 0.6 is 0 Å². The SMILES string of the molecule is COc1cc2c(cc1S(N)(=O)=O)CCN(Cc1cccc(S(N)(=O)=O)c1)C2. The third kappa shape index (κ3) is 4.47. The third-order valence-electron chi connectivity index (χ3n) is 4.52. The van der Waals surface area contributed by atoms with Crippen molar-refractivity contribution in [3.63, 3.8) is 0 Å². The smallest absolute Gasteiger partial charge is 0.241 e. The Morgan fingerprint density at radius 3 is 2.41 bits per heavy atom. The van der Waals surface area contributed by atoms with Crippen LogP contribution in [-0.2, 0) is 39.6 Å². The molecule has 4 N–H and O–H groups in total. The lowest BCUT2D eigenvalue weighted by Crippen LogP contribution is -2.30. The number of ether oxygens (including phenoxy) is 1. The molecule has 2 aromatic rings. The van der Waals surface area contributed by atoms with E-state index in [0.717, 1.165) is 16.7 Å². The Bertz CT molecular complexity index is 1080. The normalized spacial score (nSPS) is 15.4. The van der Waals surface area contributed by atoms with Crippen LogP contribution < -0.4 is 15.0 Å². The second kappa shape index (κ2) is 7.21. The van der Waals surface area contributed by atoms with Crippen LogP contribution in [0.2, 0.25) is 0 Å². The number of nitrogens with two attached hydrogens (primary N) is 2. The molecule has 0 saturated carbocycles. The molecule has 10 heteroatoms. The summed E-state index contributed by atoms with van der Waals surface area (Å²) in [6.07, 6.45) is 0.650. The van der Waals surface area contributed by atoms with Gasteiger partial charge in [-0.2, -0.15) is 0 Å². The van der Waals surface area contributed by atoms with Gasteiger partial charge in [0.1, 0.15) is 10.6 Å². The van der Waals surface area contributed by atoms with Crippen LogP contribution in [-0.4, -0.2) is 35.4 Å². The average molecular weight is 412 g/mol. The summed E-state index contributed by atoms with van der Waals surface area (Å²) in [5.41, 5.74) is 2.69. The van der Waals surface area contributed by atoms with Crippen LogP contribution in [0.3, 0.4) is 0 Å². The minimum atomic E-state index is -3.87. The Balaban J connectivity index is 1.85. The Hall–Kier alpha value is -1.98. The second-order valence-corrected chi connectivity index (χ2v) is 9.56. The molecule has 2 aromatic carbocycles. The van der Waals surface area contributed by atoms with Crippen molar-refractivity contribution in [3.05, 3.63) is 53.1 Å². The summed E-state index contributed by atoms with van der Waals surface area (Å²) in [6, 6.07) is 9.80. The van der Waals surface area contributed by atoms with Gasteiger partial charge in [-0.1, -0.05) is 12.1 Å². The van der Waals surface area contributed by atoms with Crippen molar-refractivity contribution in [3.8, 4) is 5.75 Å². The minimum absolute atomic E-state index is 0.0157. The fraction of sp³-hybridized carbons (Fsp3) is 0.294. The van der Waals surface area contributed by atoms with Crippen LogP contribution in [0.15, 0.2) is 46.2 Å². The quantitative estimate of drug-likeness (QED) is 0.738. The highest BCUT2D eigenvalue weighted by atomic mass is 32.2. The van der Waals surface area contributed by atoms with Crippen LogP contribution in [0.5, 0.6) is 5.75 Å². The molecule has 0 atom stereocenters. The molecule has 27 heavy (non-hydrogen) atoms. The van der Waals surface area contributed by atoms with Gasteiger partial charge in [-0.25, -0.2) is 27.1 Å². The molecule has 1 heterocycles. The van der Waals surface area contributed by atoms with E-state index in [4.69, 9.17) is 15.0 Å². The monoisotopic (exact) mass is 411 g/mol. The van der Waals surface area contributed by atoms with Gasteiger partial charge in [0.15, 0.2) is 0 Å². The molecule has 3 rings (SSSR count). The summed E-state index contributed by atoms with van der Waals surface area (Å²) < 4.78 is 51.7. The van der Waals surface area contributed by atoms with E-state index >= 15 is 0 Å². The largest absolute Gasteiger partial charge is 0.495 e. The molecular weight excluding hydrogens is 390 g/mol. The Kier molecular flexibility index (Phi) is 5.28. The van der Waals surface area contributed by atoms with Crippen molar-refractivity contribution in [2.45, 2.75) is 29.3 Å². The molecule has 0 aliphatic carbocycles. The van der Waals surface area contributed by atoms with Crippen LogP contribution in [0, 0.1) is 0 Å². The van der Waals surface area contributed by atoms with Crippen molar-refractivity contribution in [1.29, 1.82) is 0 Å². The van der Waals surface area contributed by atoms with Gasteiger partial charge in [-0.05, 0) is 47.4 Å². The highest BCUT2D eigenvalue weighted by Crippen LogP contribution is 2.30. The van der Waals surface area contributed by atoms with E-state index in [1.165, 1.54) is 13.2 Å². The van der Waals surface area contributed by atoms with Crippen molar-refractivity contribution in [1.82, 2.24) is 4.90 Å². The number of benzene rings is 2. The van der Waals surface area contributed by atoms with Crippen molar-refractivity contribution in [2.75, 3.05) is 13.7 Å². The van der Waals surface area contributed by atoms with Crippen molar-refractivity contribution < 1.29 is 21.6 Å². The van der Waals surface area contributed by atoms with Gasteiger partial charge < -0.3 is 4.74 Å². The molecule has 8 nitrogen and oxygen atoms in total. The Morgan fingerprint density at radius 2 is 1.78 bits per heavy atom. The molecule has 0 aromatic heterocycles. The summed E-state index contributed by atoms with van der Waals surface area (Å²) in [5.74, 6) is 0.217. The standard InChI is InChI=1S/C17H21N3O5S2/c1-25-16-8-14-11-20(6-5-13(14)9-17(16)27(19,23)24)10-12-3-2-4-15(7-12)26(18,21)22/h2-4,7-9H,5-6,10-11H2,1H3,(H2,18,21,22)(H2,19,23,24). The molecule has 0 radical (unpaired) electrons. The Labute approximate surface area is 158 Å². The third-order valence-corrected chi connectivity index (χ3v) is 6.36. The van der Waals surface area contributed by atoms with E-state index in [1.807, 2.05) is 6.07 Å². The molecule has 146 valence electrons. The van der Waals surface area contributed by atoms with Gasteiger partial charge in [0.2, 0.25) is 20.0 Å². The van der Waals surface area contributed by atoms with Gasteiger partial charge in [0, 0.05) is 19.6 Å². The number of sulfonamides is 2. The zero-order valence-corrected chi connectivity index (χ0v) is 16.4. The summed E-state index contributed by atoms with van der Waals surface area (Å²) in [5, 5.41) is 10.5. The highest BCUT2D eigenvalue weighted by molar-refractivity contribution is 7.89. The number of hydrogen-bond donors (Lipinski definition) is 2. The molecule has 0 spiro atoms. The maximum absolute atomic E-state index is 11.7. The van der Waals surface area contributed by atoms with Gasteiger partial charge >= 0.3 is 0 Å². The highest BCUT2D eigenvalue weighted by Gasteiger charge is 2.23. The van der Waals surface area contributed by atoms with Gasteiger partial charge in [0.25, 0.3) is 0 Å². The summed E-state index contributed by atoms with van der Waals surface area (Å²) in [4.78, 5) is 2.20. The van der Waals surface area contributed by atoms with Crippen molar-refractivity contribution in [2.24, 2.45) is 10.3 Å². The lowest BCUT2D eigenvalue weighted by Gasteiger charge is -2.29. The van der Waals surface area contributed by atoms with Crippen LogP contribution in [0.1, 0.15) is 16.7 Å². The van der Waals surface area contributed by atoms with E-state index in [2.05, 4.69) is 4.90 Å². The first kappa shape index (κ1) is 19.8. The average Bonchev–Trinajstić information content (AvgIpc) is 2.59. The first-order chi connectivity index (χ1) is 12.6. The molecule has 0 unspecified atom stereocenters. The predicted molar refractivity (Wildman–Crippen MR) is 100 cm³/mol. The molecule has 0 fully saturated rings. The molecule has 0 saturated heterocycles. The van der Waals surface area contributed by atoms with E-state index < -0.39 is 20.0 Å². The van der Waals surface area contributed by atoms with Gasteiger partial charge in [-0.15, -0.1) is 0 Å². The zero-order valence-electron chi connectivity index (χ0n) is 14.8. The van der Waals surface area contributed by atoms with Gasteiger partial charge in [0.05, 0.1) is 12.0 Å². The Morgan fingerprint density at radius 1 is 1.04 bits per heavy atom. The van der Waals surface area contributed by atoms with Gasteiger partial charge in [-0.3, -0.25) is 4.90 Å². The van der Waals surface area contributed by atoms with E-state index in [9.17, 15) is 16.8 Å². The lowest BCUT2D eigenvalue weighted by molar-refractivity contribution is 0.244. The maximum Gasteiger partial charge on any atom is 0.241 e. The fourth-order valence-corrected chi connectivity index (χ4v) is 4.53. The number of primary sulfonamides is 2. The predicted octanol–water partition coefficient (Wildman–Crippen LogP) is 0.548. The zero-order chi connectivity index (χ0) is 19.8. The number of nitrogens with zero attached hydrogens (tertiary/aromatic N) is 1. The van der Waals surface area contributed by atoms with Crippen molar-refractivity contribution >= 4 is 20.0 Å².